The Hall–Kier alpha value is -3.23. The molecule has 8 heteroatoms. The van der Waals surface area contributed by atoms with Crippen molar-refractivity contribution in [1.82, 2.24) is 15.0 Å². The van der Waals surface area contributed by atoms with Crippen LogP contribution in [-0.2, 0) is 15.5 Å². The van der Waals surface area contributed by atoms with Crippen molar-refractivity contribution >= 4 is 22.0 Å². The quantitative estimate of drug-likeness (QED) is 0.435. The van der Waals surface area contributed by atoms with Gasteiger partial charge >= 0.3 is 0 Å². The third-order valence-corrected chi connectivity index (χ3v) is 5.44. The molecule has 160 valence electrons. The summed E-state index contributed by atoms with van der Waals surface area (Å²) in [4.78, 5) is 12.9. The summed E-state index contributed by atoms with van der Waals surface area (Å²) in [5.74, 6) is 2.45. The largest absolute Gasteiger partial charge is 0.488 e. The number of rotatable bonds is 8. The molecule has 0 spiro atoms. The minimum absolute atomic E-state index is 0.142. The third-order valence-electron chi connectivity index (χ3n) is 4.52. The summed E-state index contributed by atoms with van der Waals surface area (Å²) in [5, 5.41) is 0. The number of ether oxygens (including phenoxy) is 3. The molecule has 0 aliphatic carbocycles. The summed E-state index contributed by atoms with van der Waals surface area (Å²) < 4.78 is 29.1. The van der Waals surface area contributed by atoms with Crippen LogP contribution in [0.3, 0.4) is 0 Å². The lowest BCUT2D eigenvalue weighted by molar-refractivity contribution is 0.0920. The van der Waals surface area contributed by atoms with Gasteiger partial charge < -0.3 is 19.2 Å². The highest BCUT2D eigenvalue weighted by Gasteiger charge is 2.13. The van der Waals surface area contributed by atoms with Gasteiger partial charge in [-0.3, -0.25) is 4.21 Å². The van der Waals surface area contributed by atoms with Gasteiger partial charge in [-0.1, -0.05) is 6.07 Å². The maximum atomic E-state index is 11.8. The van der Waals surface area contributed by atoms with E-state index in [1.54, 1.807) is 25.6 Å². The third kappa shape index (κ3) is 5.10. The van der Waals surface area contributed by atoms with Gasteiger partial charge in [0.05, 0.1) is 12.1 Å². The smallest absolute Gasteiger partial charge is 0.178 e. The van der Waals surface area contributed by atoms with Gasteiger partial charge in [0.25, 0.3) is 0 Å². The van der Waals surface area contributed by atoms with Crippen LogP contribution in [0.2, 0.25) is 0 Å². The van der Waals surface area contributed by atoms with Crippen LogP contribution in [-0.4, -0.2) is 45.2 Å². The Morgan fingerprint density at radius 2 is 1.90 bits per heavy atom. The molecule has 4 aromatic rings. The van der Waals surface area contributed by atoms with Crippen LogP contribution in [0.25, 0.3) is 22.6 Å². The molecular weight excluding hydrogens is 414 g/mol. The molecule has 31 heavy (non-hydrogen) atoms. The zero-order chi connectivity index (χ0) is 21.8. The normalized spacial score (nSPS) is 13.1. The van der Waals surface area contributed by atoms with Gasteiger partial charge in [-0.05, 0) is 49.4 Å². The average Bonchev–Trinajstić information content (AvgIpc) is 3.18. The van der Waals surface area contributed by atoms with E-state index in [2.05, 4.69) is 15.0 Å². The number of fused-ring (bicyclic) bond motifs is 1. The zero-order valence-corrected chi connectivity index (χ0v) is 18.3. The first kappa shape index (κ1) is 21.0. The molecule has 1 N–H and O–H groups in total. The summed E-state index contributed by atoms with van der Waals surface area (Å²) in [5.41, 5.74) is 2.28. The number of pyridine rings is 1. The fraction of sp³-hybridized carbons (Fsp3) is 0.217. The van der Waals surface area contributed by atoms with Gasteiger partial charge in [0.15, 0.2) is 5.65 Å². The number of aromatic amines is 1. The van der Waals surface area contributed by atoms with E-state index in [4.69, 9.17) is 14.2 Å². The van der Waals surface area contributed by atoms with Crippen LogP contribution < -0.4 is 9.47 Å². The lowest BCUT2D eigenvalue weighted by atomic mass is 10.2. The first-order valence-corrected chi connectivity index (χ1v) is 11.3. The summed E-state index contributed by atoms with van der Waals surface area (Å²) in [7, 11) is 0.540. The van der Waals surface area contributed by atoms with Gasteiger partial charge in [-0.15, -0.1) is 0 Å². The molecule has 0 fully saturated rings. The second-order valence-electron chi connectivity index (χ2n) is 7.07. The fourth-order valence-electron chi connectivity index (χ4n) is 3.17. The van der Waals surface area contributed by atoms with Crippen molar-refractivity contribution in [2.24, 2.45) is 0 Å². The number of benzene rings is 2. The standard InChI is InChI=1S/C23H23N3O4S/c1-15(14-28-2)29-18-10-16(22-25-21-8-5-9-24-23(21)26-22)11-19(12-18)30-17-6-4-7-20(13-17)31(3)27/h4-13,15H,14H2,1-3H3,(H,24,25,26). The Bertz CT molecular complexity index is 1190. The van der Waals surface area contributed by atoms with Gasteiger partial charge in [0.2, 0.25) is 0 Å². The minimum atomic E-state index is -1.10. The number of hydrogen-bond donors (Lipinski definition) is 1. The van der Waals surface area contributed by atoms with Crippen molar-refractivity contribution < 1.29 is 18.4 Å². The monoisotopic (exact) mass is 437 g/mol. The van der Waals surface area contributed by atoms with Crippen LogP contribution in [0.15, 0.2) is 65.7 Å². The van der Waals surface area contributed by atoms with Crippen molar-refractivity contribution in [2.45, 2.75) is 17.9 Å². The number of H-pyrrole nitrogens is 1. The molecule has 0 aliphatic rings. The van der Waals surface area contributed by atoms with E-state index in [-0.39, 0.29) is 6.10 Å². The maximum Gasteiger partial charge on any atom is 0.178 e. The molecule has 0 radical (unpaired) electrons. The predicted octanol–water partition coefficient (Wildman–Crippen LogP) is 4.57. The van der Waals surface area contributed by atoms with E-state index in [1.165, 1.54) is 0 Å². The van der Waals surface area contributed by atoms with Crippen molar-refractivity contribution in [1.29, 1.82) is 0 Å². The van der Waals surface area contributed by atoms with E-state index < -0.39 is 10.8 Å². The molecule has 7 nitrogen and oxygen atoms in total. The van der Waals surface area contributed by atoms with E-state index in [9.17, 15) is 4.21 Å². The maximum absolute atomic E-state index is 11.8. The molecular formula is C23H23N3O4S. The molecule has 2 atom stereocenters. The van der Waals surface area contributed by atoms with E-state index >= 15 is 0 Å². The summed E-state index contributed by atoms with van der Waals surface area (Å²) >= 11 is 0. The van der Waals surface area contributed by atoms with Crippen molar-refractivity contribution in [3.63, 3.8) is 0 Å². The predicted molar refractivity (Wildman–Crippen MR) is 120 cm³/mol. The van der Waals surface area contributed by atoms with Crippen molar-refractivity contribution in [3.8, 4) is 28.6 Å². The topological polar surface area (TPSA) is 86.3 Å². The first-order valence-electron chi connectivity index (χ1n) is 9.75. The Kier molecular flexibility index (Phi) is 6.29. The Balaban J connectivity index is 1.72. The molecule has 2 aromatic carbocycles. The van der Waals surface area contributed by atoms with Gasteiger partial charge in [-0.2, -0.15) is 0 Å². The second-order valence-corrected chi connectivity index (χ2v) is 8.45. The van der Waals surface area contributed by atoms with Gasteiger partial charge in [-0.25, -0.2) is 9.97 Å². The summed E-state index contributed by atoms with van der Waals surface area (Å²) in [6, 6.07) is 16.6. The highest BCUT2D eigenvalue weighted by atomic mass is 32.2. The molecule has 0 saturated carbocycles. The zero-order valence-electron chi connectivity index (χ0n) is 17.5. The van der Waals surface area contributed by atoms with Crippen LogP contribution in [0.4, 0.5) is 0 Å². The Labute approximate surface area is 182 Å². The molecule has 2 heterocycles. The second kappa shape index (κ2) is 9.28. The number of aromatic nitrogens is 3. The first-order chi connectivity index (χ1) is 15.0. The lowest BCUT2D eigenvalue weighted by Crippen LogP contribution is -2.17. The molecule has 2 unspecified atom stereocenters. The number of hydrogen-bond acceptors (Lipinski definition) is 6. The number of methoxy groups -OCH3 is 1. The average molecular weight is 438 g/mol. The number of imidazole rings is 1. The van der Waals surface area contributed by atoms with Crippen molar-refractivity contribution in [3.05, 3.63) is 60.8 Å². The van der Waals surface area contributed by atoms with Crippen molar-refractivity contribution in [2.75, 3.05) is 20.0 Å². The van der Waals surface area contributed by atoms with E-state index in [0.717, 1.165) is 11.1 Å². The molecule has 0 saturated heterocycles. The van der Waals surface area contributed by atoms with Crippen LogP contribution >= 0.6 is 0 Å². The minimum Gasteiger partial charge on any atom is -0.488 e. The molecule has 0 amide bonds. The van der Waals surface area contributed by atoms with E-state index in [0.29, 0.717) is 40.2 Å². The molecule has 4 rings (SSSR count). The number of nitrogens with zero attached hydrogens (tertiary/aromatic N) is 2. The Morgan fingerprint density at radius 1 is 1.06 bits per heavy atom. The molecule has 2 aromatic heterocycles. The van der Waals surface area contributed by atoms with Crippen LogP contribution in [0, 0.1) is 0 Å². The van der Waals surface area contributed by atoms with E-state index in [1.807, 2.05) is 55.5 Å². The highest BCUT2D eigenvalue weighted by molar-refractivity contribution is 7.84. The Morgan fingerprint density at radius 3 is 2.68 bits per heavy atom. The number of nitrogens with one attached hydrogen (secondary N) is 1. The van der Waals surface area contributed by atoms with Gasteiger partial charge in [0.1, 0.15) is 29.2 Å². The molecule has 0 bridgehead atoms. The van der Waals surface area contributed by atoms with Gasteiger partial charge in [0, 0.05) is 46.9 Å². The van der Waals surface area contributed by atoms with Crippen LogP contribution in [0.1, 0.15) is 6.92 Å². The SMILES string of the molecule is COCC(C)Oc1cc(Oc2cccc(S(C)=O)c2)cc(-c2nc3ncccc3[nH]2)c1. The molecule has 0 aliphatic heterocycles. The summed E-state index contributed by atoms with van der Waals surface area (Å²) in [6.07, 6.45) is 3.20. The summed E-state index contributed by atoms with van der Waals surface area (Å²) in [6.45, 7) is 2.39. The van der Waals surface area contributed by atoms with Crippen LogP contribution in [0.5, 0.6) is 17.2 Å². The lowest BCUT2D eigenvalue weighted by Gasteiger charge is -2.16. The fourth-order valence-corrected chi connectivity index (χ4v) is 3.72. The highest BCUT2D eigenvalue weighted by Crippen LogP contribution is 2.33.